The maximum absolute atomic E-state index is 13.9. The Labute approximate surface area is 115 Å². The summed E-state index contributed by atoms with van der Waals surface area (Å²) in [4.78, 5) is 0. The Morgan fingerprint density at radius 2 is 2.00 bits per heavy atom. The molecule has 0 heterocycles. The number of hydrogen-bond donors (Lipinski definition) is 1. The van der Waals surface area contributed by atoms with Gasteiger partial charge >= 0.3 is 7.69 Å². The highest BCUT2D eigenvalue weighted by Gasteiger charge is 2.14. The van der Waals surface area contributed by atoms with E-state index in [0.29, 0.717) is 10.6 Å². The van der Waals surface area contributed by atoms with Crippen molar-refractivity contribution < 1.29 is 18.8 Å². The highest BCUT2D eigenvalue weighted by atomic mass is 35.5. The van der Waals surface area contributed by atoms with Gasteiger partial charge in [0.15, 0.2) is 17.3 Å². The first-order chi connectivity index (χ1) is 9.15. The molecule has 2 aromatic rings. The average molecular weight is 280 g/mol. The van der Waals surface area contributed by atoms with E-state index in [1.165, 1.54) is 13.2 Å². The van der Waals surface area contributed by atoms with Crippen molar-refractivity contribution in [2.24, 2.45) is 0 Å². The molecular weight excluding hydrogens is 269 g/mol. The number of ether oxygens (including phenoxy) is 1. The van der Waals surface area contributed by atoms with E-state index in [2.05, 4.69) is 0 Å². The van der Waals surface area contributed by atoms with Crippen molar-refractivity contribution in [2.75, 3.05) is 7.11 Å². The first-order valence-electron chi connectivity index (χ1n) is 5.53. The van der Waals surface area contributed by atoms with Gasteiger partial charge in [-0.3, -0.25) is 0 Å². The van der Waals surface area contributed by atoms with E-state index in [0.717, 1.165) is 5.56 Å². The lowest BCUT2D eigenvalue weighted by Crippen LogP contribution is -2.04. The zero-order valence-electron chi connectivity index (χ0n) is 10.2. The molecule has 2 aromatic carbocycles. The van der Waals surface area contributed by atoms with E-state index in [4.69, 9.17) is 26.0 Å². The summed E-state index contributed by atoms with van der Waals surface area (Å²) in [7, 11) is 0.782. The summed E-state index contributed by atoms with van der Waals surface area (Å²) in [5.74, 6) is -0.511. The molecule has 3 nitrogen and oxygen atoms in total. The van der Waals surface area contributed by atoms with Crippen molar-refractivity contribution in [3.05, 3.63) is 47.2 Å². The van der Waals surface area contributed by atoms with E-state index in [-0.39, 0.29) is 11.5 Å². The molecule has 1 N–H and O–H groups in total. The van der Waals surface area contributed by atoms with Crippen LogP contribution < -0.4 is 9.39 Å². The Bertz CT molecular complexity index is 592. The Kier molecular flexibility index (Phi) is 4.29. The molecule has 0 bridgehead atoms. The first-order valence-corrected chi connectivity index (χ1v) is 5.90. The minimum absolute atomic E-state index is 0.115. The van der Waals surface area contributed by atoms with Crippen molar-refractivity contribution in [3.8, 4) is 22.6 Å². The molecule has 0 spiro atoms. The highest BCUT2D eigenvalue weighted by molar-refractivity contribution is 6.30. The number of methoxy groups -OCH3 is 1. The van der Waals surface area contributed by atoms with Crippen molar-refractivity contribution in [1.82, 2.24) is 0 Å². The monoisotopic (exact) mass is 280 g/mol. The summed E-state index contributed by atoms with van der Waals surface area (Å²) < 4.78 is 23.8. The van der Waals surface area contributed by atoms with Crippen LogP contribution in [0.2, 0.25) is 5.02 Å². The second-order valence-corrected chi connectivity index (χ2v) is 4.21. The van der Waals surface area contributed by atoms with Crippen LogP contribution >= 0.6 is 11.6 Å². The lowest BCUT2D eigenvalue weighted by Gasteiger charge is -2.12. The molecule has 6 heteroatoms. The molecule has 19 heavy (non-hydrogen) atoms. The largest absolute Gasteiger partial charge is 0.534 e. The van der Waals surface area contributed by atoms with Gasteiger partial charge in [0, 0.05) is 5.02 Å². The van der Waals surface area contributed by atoms with Crippen LogP contribution in [-0.4, -0.2) is 19.8 Å². The van der Waals surface area contributed by atoms with Crippen molar-refractivity contribution >= 4 is 19.3 Å². The molecule has 0 aliphatic rings. The van der Waals surface area contributed by atoms with Gasteiger partial charge in [-0.15, -0.1) is 0 Å². The van der Waals surface area contributed by atoms with E-state index in [9.17, 15) is 4.39 Å². The zero-order valence-corrected chi connectivity index (χ0v) is 10.9. The van der Waals surface area contributed by atoms with Crippen LogP contribution in [-0.2, 0) is 0 Å². The minimum Gasteiger partial charge on any atom is -0.534 e. The molecule has 0 saturated carbocycles. The fourth-order valence-electron chi connectivity index (χ4n) is 1.76. The number of hydrogen-bond acceptors (Lipinski definition) is 3. The lowest BCUT2D eigenvalue weighted by molar-refractivity contribution is 0.369. The molecule has 0 saturated heterocycles. The molecular formula is C13H11BClFO3. The van der Waals surface area contributed by atoms with Crippen LogP contribution in [0.5, 0.6) is 11.5 Å². The summed E-state index contributed by atoms with van der Waals surface area (Å²) in [5.41, 5.74) is 1.38. The lowest BCUT2D eigenvalue weighted by atomic mass is 10.0. The average Bonchev–Trinajstić information content (AvgIpc) is 2.41. The maximum Gasteiger partial charge on any atom is 0.504 e. The Hall–Kier alpha value is -1.72. The predicted molar refractivity (Wildman–Crippen MR) is 73.4 cm³/mol. The van der Waals surface area contributed by atoms with Crippen LogP contribution in [0, 0.1) is 5.82 Å². The molecule has 2 rings (SSSR count). The molecule has 0 aliphatic carbocycles. The van der Waals surface area contributed by atoms with E-state index in [1.807, 2.05) is 6.07 Å². The van der Waals surface area contributed by atoms with Crippen LogP contribution in [0.3, 0.4) is 0 Å². The third-order valence-corrected chi connectivity index (χ3v) is 2.83. The third-order valence-electron chi connectivity index (χ3n) is 2.60. The zero-order chi connectivity index (χ0) is 13.8. The van der Waals surface area contributed by atoms with E-state index in [1.54, 1.807) is 24.3 Å². The van der Waals surface area contributed by atoms with Crippen molar-refractivity contribution in [2.45, 2.75) is 0 Å². The van der Waals surface area contributed by atoms with Crippen molar-refractivity contribution in [3.63, 3.8) is 0 Å². The summed E-state index contributed by atoms with van der Waals surface area (Å²) in [6, 6.07) is 9.98. The van der Waals surface area contributed by atoms with Gasteiger partial charge in [-0.25, -0.2) is 4.39 Å². The Morgan fingerprint density at radius 1 is 1.21 bits per heavy atom. The fourth-order valence-corrected chi connectivity index (χ4v) is 1.95. The molecule has 0 unspecified atom stereocenters. The quantitative estimate of drug-likeness (QED) is 0.875. The standard InChI is InChI=1S/C13H11BClFO3/c1-18-12-7-9(6-11(16)13(12)19-14-17)8-3-2-4-10(15)5-8/h2-7,14,17H,1H3. The topological polar surface area (TPSA) is 38.7 Å². The molecule has 0 fully saturated rings. The van der Waals surface area contributed by atoms with Gasteiger partial charge in [-0.05, 0) is 35.4 Å². The van der Waals surface area contributed by atoms with E-state index < -0.39 is 13.5 Å². The second kappa shape index (κ2) is 5.95. The summed E-state index contributed by atoms with van der Waals surface area (Å²) in [6.45, 7) is 0. The van der Waals surface area contributed by atoms with E-state index >= 15 is 0 Å². The van der Waals surface area contributed by atoms with Gasteiger partial charge in [-0.2, -0.15) is 0 Å². The van der Waals surface area contributed by atoms with Gasteiger partial charge in [0.05, 0.1) is 7.11 Å². The van der Waals surface area contributed by atoms with Crippen molar-refractivity contribution in [1.29, 1.82) is 0 Å². The van der Waals surface area contributed by atoms with Gasteiger partial charge in [0.2, 0.25) is 0 Å². The molecule has 98 valence electrons. The SMILES string of the molecule is COc1cc(-c2cccc(Cl)c2)cc(F)c1OBO. The van der Waals surface area contributed by atoms with Gasteiger partial charge < -0.3 is 14.4 Å². The molecule has 0 atom stereocenters. The highest BCUT2D eigenvalue weighted by Crippen LogP contribution is 2.35. The number of rotatable bonds is 4. The smallest absolute Gasteiger partial charge is 0.504 e. The van der Waals surface area contributed by atoms with Crippen LogP contribution in [0.15, 0.2) is 36.4 Å². The third kappa shape index (κ3) is 3.00. The Balaban J connectivity index is 2.51. The van der Waals surface area contributed by atoms with Crippen LogP contribution in [0.25, 0.3) is 11.1 Å². The Morgan fingerprint density at radius 3 is 2.63 bits per heavy atom. The summed E-state index contributed by atoms with van der Waals surface area (Å²) in [5, 5.41) is 9.29. The van der Waals surface area contributed by atoms with Gasteiger partial charge in [0.1, 0.15) is 0 Å². The van der Waals surface area contributed by atoms with Crippen LogP contribution in [0.4, 0.5) is 4.39 Å². The molecule has 0 amide bonds. The maximum atomic E-state index is 13.9. The van der Waals surface area contributed by atoms with Crippen LogP contribution in [0.1, 0.15) is 0 Å². The summed E-state index contributed by atoms with van der Waals surface area (Å²) >= 11 is 5.91. The minimum atomic E-state index is -0.621. The number of halogens is 2. The molecule has 0 aliphatic heterocycles. The second-order valence-electron chi connectivity index (χ2n) is 3.77. The van der Waals surface area contributed by atoms with Gasteiger partial charge in [-0.1, -0.05) is 23.7 Å². The number of benzene rings is 2. The summed E-state index contributed by atoms with van der Waals surface area (Å²) in [6.07, 6.45) is 0. The van der Waals surface area contributed by atoms with Gasteiger partial charge in [0.25, 0.3) is 0 Å². The fraction of sp³-hybridized carbons (Fsp3) is 0.0769. The predicted octanol–water partition coefficient (Wildman–Crippen LogP) is 2.79. The normalized spacial score (nSPS) is 10.1. The molecule has 0 radical (unpaired) electrons. The molecule has 0 aromatic heterocycles. The first kappa shape index (κ1) is 13.7.